The smallest absolute Gasteiger partial charge is 0.307 e. The third-order valence-corrected chi connectivity index (χ3v) is 7.66. The second-order valence-corrected chi connectivity index (χ2v) is 10.3. The van der Waals surface area contributed by atoms with Crippen molar-refractivity contribution in [2.45, 2.75) is 62.9 Å². The zero-order valence-corrected chi connectivity index (χ0v) is 19.5. The molecule has 2 amide bonds. The zero-order chi connectivity index (χ0) is 22.3. The molecule has 2 aliphatic rings. The van der Waals surface area contributed by atoms with Crippen molar-refractivity contribution in [2.24, 2.45) is 7.05 Å². The summed E-state index contributed by atoms with van der Waals surface area (Å²) in [6, 6.07) is 3.11. The number of aryl methyl sites for hydroxylation is 3. The van der Waals surface area contributed by atoms with Crippen LogP contribution in [0.2, 0.25) is 0 Å². The van der Waals surface area contributed by atoms with Gasteiger partial charge in [-0.3, -0.25) is 4.68 Å². The number of nitrogens with one attached hydrogen (secondary N) is 2. The molecule has 2 aromatic rings. The molecule has 0 spiro atoms. The van der Waals surface area contributed by atoms with Gasteiger partial charge in [0.2, 0.25) is 0 Å². The van der Waals surface area contributed by atoms with Gasteiger partial charge in [-0.25, -0.2) is 9.52 Å². The molecule has 2 aliphatic carbocycles. The number of aromatic nitrogens is 2. The number of sulfonamides is 1. The Hall–Kier alpha value is -2.39. The Kier molecular flexibility index (Phi) is 5.83. The molecule has 1 unspecified atom stereocenters. The summed E-state index contributed by atoms with van der Waals surface area (Å²) in [7, 11) is 1.51. The maximum absolute atomic E-state index is 12.9. The van der Waals surface area contributed by atoms with Crippen LogP contribution in [0, 0.1) is 0 Å². The van der Waals surface area contributed by atoms with Gasteiger partial charge in [0, 0.05) is 18.8 Å². The number of urea groups is 1. The molecule has 0 bridgehead atoms. The Labute approximate surface area is 184 Å². The Morgan fingerprint density at radius 3 is 2.29 bits per heavy atom. The number of fused-ring (bicyclic) bond motifs is 2. The highest BCUT2D eigenvalue weighted by molar-refractivity contribution is 7.90. The molecule has 0 fully saturated rings. The first-order valence-electron chi connectivity index (χ1n) is 10.9. The van der Waals surface area contributed by atoms with Crippen molar-refractivity contribution in [3.8, 4) is 0 Å². The van der Waals surface area contributed by atoms with Gasteiger partial charge in [0.05, 0.1) is 11.7 Å². The van der Waals surface area contributed by atoms with Crippen LogP contribution in [0.1, 0.15) is 60.2 Å². The molecule has 168 valence electrons. The van der Waals surface area contributed by atoms with Gasteiger partial charge in [-0.15, -0.1) is 0 Å². The third kappa shape index (κ3) is 4.08. The minimum Gasteiger partial charge on any atom is -0.307 e. The van der Waals surface area contributed by atoms with Crippen LogP contribution >= 0.6 is 0 Å². The van der Waals surface area contributed by atoms with Crippen LogP contribution < -0.4 is 10.0 Å². The average molecular weight is 446 g/mol. The number of anilines is 1. The number of carbonyl (C=O) groups is 1. The molecule has 4 rings (SSSR count). The second kappa shape index (κ2) is 8.27. The summed E-state index contributed by atoms with van der Waals surface area (Å²) in [6.45, 7) is 2.04. The molecule has 9 heteroatoms. The minimum atomic E-state index is -4.09. The summed E-state index contributed by atoms with van der Waals surface area (Å²) < 4.78 is 29.5. The minimum absolute atomic E-state index is 0.0322. The second-order valence-electron chi connectivity index (χ2n) is 8.71. The van der Waals surface area contributed by atoms with Crippen LogP contribution in [0.25, 0.3) is 0 Å². The molecule has 0 saturated carbocycles. The third-order valence-electron chi connectivity index (χ3n) is 6.46. The molecule has 0 radical (unpaired) electrons. The SMILES string of the molecule is CCC(c1cc(S(=O)(=O)NC(=O)Nc2c3c(cc4c2CCC4)CCC3)nn1C)N(C)C. The number of hydrogen-bond donors (Lipinski definition) is 2. The highest BCUT2D eigenvalue weighted by atomic mass is 32.2. The van der Waals surface area contributed by atoms with E-state index in [1.165, 1.54) is 11.1 Å². The van der Waals surface area contributed by atoms with Crippen LogP contribution in [0.15, 0.2) is 17.2 Å². The molecule has 1 atom stereocenters. The Bertz CT molecular complexity index is 1090. The largest absolute Gasteiger partial charge is 0.333 e. The van der Waals surface area contributed by atoms with Gasteiger partial charge in [0.15, 0.2) is 5.03 Å². The molecule has 1 aromatic heterocycles. The predicted octanol–water partition coefficient (Wildman–Crippen LogP) is 2.92. The topological polar surface area (TPSA) is 96.3 Å². The van der Waals surface area contributed by atoms with Crippen molar-refractivity contribution >= 4 is 21.7 Å². The van der Waals surface area contributed by atoms with E-state index in [4.69, 9.17) is 0 Å². The summed E-state index contributed by atoms with van der Waals surface area (Å²) in [5.41, 5.74) is 6.47. The summed E-state index contributed by atoms with van der Waals surface area (Å²) in [5, 5.41) is 6.89. The summed E-state index contributed by atoms with van der Waals surface area (Å²) in [4.78, 5) is 14.8. The molecule has 31 heavy (non-hydrogen) atoms. The lowest BCUT2D eigenvalue weighted by Crippen LogP contribution is -2.35. The van der Waals surface area contributed by atoms with Gasteiger partial charge in [-0.05, 0) is 81.3 Å². The quantitative estimate of drug-likeness (QED) is 0.713. The van der Waals surface area contributed by atoms with Crippen LogP contribution in [0.4, 0.5) is 10.5 Å². The number of benzene rings is 1. The average Bonchev–Trinajstić information content (AvgIpc) is 3.41. The fourth-order valence-corrected chi connectivity index (χ4v) is 5.92. The number of amides is 2. The zero-order valence-electron chi connectivity index (χ0n) is 18.7. The normalized spacial score (nSPS) is 16.3. The number of nitrogens with zero attached hydrogens (tertiary/aromatic N) is 3. The maximum Gasteiger partial charge on any atom is 0.333 e. The molecule has 0 aliphatic heterocycles. The van der Waals surface area contributed by atoms with Gasteiger partial charge in [-0.2, -0.15) is 13.5 Å². The standard InChI is InChI=1S/C22H31N5O3S/c1-5-18(26(2)3)19-13-20(24-27(19)4)31(29,30)25-22(28)23-21-16-10-6-8-14(16)12-15-9-7-11-17(15)21/h12-13,18H,5-11H2,1-4H3,(H2,23,25,28). The monoisotopic (exact) mass is 445 g/mol. The lowest BCUT2D eigenvalue weighted by molar-refractivity contribution is 0.256. The predicted molar refractivity (Wildman–Crippen MR) is 120 cm³/mol. The van der Waals surface area contributed by atoms with E-state index in [0.717, 1.165) is 67.5 Å². The lowest BCUT2D eigenvalue weighted by Gasteiger charge is -2.22. The van der Waals surface area contributed by atoms with E-state index in [1.807, 2.05) is 25.9 Å². The van der Waals surface area contributed by atoms with E-state index in [2.05, 4.69) is 21.2 Å². The molecule has 1 aromatic carbocycles. The molecule has 1 heterocycles. The first-order chi connectivity index (χ1) is 14.7. The molecule has 2 N–H and O–H groups in total. The van der Waals surface area contributed by atoms with Gasteiger partial charge in [0.25, 0.3) is 10.0 Å². The van der Waals surface area contributed by atoms with Gasteiger partial charge in [0.1, 0.15) is 0 Å². The van der Waals surface area contributed by atoms with Crippen LogP contribution in [-0.4, -0.2) is 43.2 Å². The van der Waals surface area contributed by atoms with E-state index in [9.17, 15) is 13.2 Å². The first-order valence-corrected chi connectivity index (χ1v) is 12.4. The van der Waals surface area contributed by atoms with Crippen molar-refractivity contribution in [3.05, 3.63) is 40.1 Å². The fraction of sp³-hybridized carbons (Fsp3) is 0.545. The van der Waals surface area contributed by atoms with Crippen molar-refractivity contribution in [1.82, 2.24) is 19.4 Å². The van der Waals surface area contributed by atoms with Crippen LogP contribution in [0.3, 0.4) is 0 Å². The first kappa shape index (κ1) is 21.8. The number of carbonyl (C=O) groups excluding carboxylic acids is 1. The van der Waals surface area contributed by atoms with Gasteiger partial charge in [-0.1, -0.05) is 13.0 Å². The molecule has 8 nitrogen and oxygen atoms in total. The fourth-order valence-electron chi connectivity index (χ4n) is 5.02. The lowest BCUT2D eigenvalue weighted by atomic mass is 9.99. The maximum atomic E-state index is 12.9. The van der Waals surface area contributed by atoms with Crippen molar-refractivity contribution in [3.63, 3.8) is 0 Å². The summed E-state index contributed by atoms with van der Waals surface area (Å²) in [5.74, 6) is 0. The molecule has 0 saturated heterocycles. The Morgan fingerprint density at radius 1 is 1.13 bits per heavy atom. The van der Waals surface area contributed by atoms with Gasteiger partial charge >= 0.3 is 6.03 Å². The Morgan fingerprint density at radius 2 is 1.74 bits per heavy atom. The van der Waals surface area contributed by atoms with E-state index in [-0.39, 0.29) is 11.1 Å². The molecular formula is C22H31N5O3S. The number of rotatable bonds is 6. The highest BCUT2D eigenvalue weighted by Gasteiger charge is 2.28. The van der Waals surface area contributed by atoms with E-state index >= 15 is 0 Å². The molecular weight excluding hydrogens is 414 g/mol. The van der Waals surface area contributed by atoms with Crippen molar-refractivity contribution in [1.29, 1.82) is 0 Å². The van der Waals surface area contributed by atoms with E-state index in [1.54, 1.807) is 17.8 Å². The van der Waals surface area contributed by atoms with E-state index in [0.29, 0.717) is 0 Å². The highest BCUT2D eigenvalue weighted by Crippen LogP contribution is 2.38. The van der Waals surface area contributed by atoms with Gasteiger partial charge < -0.3 is 10.2 Å². The van der Waals surface area contributed by atoms with Crippen molar-refractivity contribution in [2.75, 3.05) is 19.4 Å². The van der Waals surface area contributed by atoms with Crippen molar-refractivity contribution < 1.29 is 13.2 Å². The van der Waals surface area contributed by atoms with Crippen LogP contribution in [0.5, 0.6) is 0 Å². The summed E-state index contributed by atoms with van der Waals surface area (Å²) in [6.07, 6.45) is 6.79. The summed E-state index contributed by atoms with van der Waals surface area (Å²) >= 11 is 0. The number of hydrogen-bond acceptors (Lipinski definition) is 5. The Balaban J connectivity index is 1.56. The van der Waals surface area contributed by atoms with E-state index < -0.39 is 16.1 Å². The van der Waals surface area contributed by atoms with Crippen LogP contribution in [-0.2, 0) is 42.8 Å².